The van der Waals surface area contributed by atoms with Crippen molar-refractivity contribution in [3.63, 3.8) is 0 Å². The molecule has 0 radical (unpaired) electrons. The van der Waals surface area contributed by atoms with Gasteiger partial charge in [0.25, 0.3) is 0 Å². The number of ketones is 1. The van der Waals surface area contributed by atoms with E-state index in [4.69, 9.17) is 4.52 Å². The van der Waals surface area contributed by atoms with Crippen molar-refractivity contribution in [2.45, 2.75) is 31.6 Å². The molecule has 0 saturated carbocycles. The van der Waals surface area contributed by atoms with Crippen LogP contribution in [0.1, 0.15) is 47.1 Å². The first kappa shape index (κ1) is 25.5. The van der Waals surface area contributed by atoms with Crippen molar-refractivity contribution in [3.8, 4) is 0 Å². The van der Waals surface area contributed by atoms with Crippen molar-refractivity contribution < 1.29 is 26.9 Å². The number of piperidine rings is 1. The molecule has 0 atom stereocenters. The molecular weight excluding hydrogens is 485 g/mol. The van der Waals surface area contributed by atoms with Gasteiger partial charge in [0.2, 0.25) is 15.9 Å². The van der Waals surface area contributed by atoms with Crippen molar-refractivity contribution >= 4 is 39.6 Å². The van der Waals surface area contributed by atoms with E-state index in [1.54, 1.807) is 42.5 Å². The Morgan fingerprint density at radius 1 is 1.11 bits per heavy atom. The number of nitrogens with one attached hydrogen (secondary N) is 1. The van der Waals surface area contributed by atoms with E-state index in [0.717, 1.165) is 0 Å². The van der Waals surface area contributed by atoms with Crippen molar-refractivity contribution in [2.24, 2.45) is 5.92 Å². The molecule has 1 fully saturated rings. The summed E-state index contributed by atoms with van der Waals surface area (Å²) in [5.74, 6) is -1.12. The van der Waals surface area contributed by atoms with Gasteiger partial charge in [0, 0.05) is 35.8 Å². The Hall–Kier alpha value is -3.63. The first-order valence-electron chi connectivity index (χ1n) is 11.5. The van der Waals surface area contributed by atoms with E-state index in [2.05, 4.69) is 10.5 Å². The van der Waals surface area contributed by atoms with Crippen LogP contribution in [-0.2, 0) is 14.8 Å². The normalized spacial score (nSPS) is 15.3. The average molecular weight is 512 g/mol. The lowest BCUT2D eigenvalue weighted by molar-refractivity contribution is -0.120. The highest BCUT2D eigenvalue weighted by Gasteiger charge is 2.36. The molecule has 1 amide bonds. The van der Waals surface area contributed by atoms with Gasteiger partial charge in [-0.2, -0.15) is 4.31 Å². The third-order valence-electron chi connectivity index (χ3n) is 6.11. The van der Waals surface area contributed by atoms with E-state index in [0.29, 0.717) is 24.1 Å². The minimum Gasteiger partial charge on any atom is -0.355 e. The summed E-state index contributed by atoms with van der Waals surface area (Å²) in [6, 6.07) is 12.8. The standard InChI is InChI=1S/C26H26FN3O5S/c1-17-25(24(35-29-17)11-10-19-6-3-4-9-23(19)27)36(33,34)30-14-12-20(13-15-30)26(32)28-22-8-5-7-21(16-22)18(2)31/h3-11,16,20H,12-15H2,1-2H3,(H,28,32). The van der Waals surface area contributed by atoms with E-state index in [1.165, 1.54) is 36.4 Å². The van der Waals surface area contributed by atoms with Crippen LogP contribution >= 0.6 is 0 Å². The van der Waals surface area contributed by atoms with Crippen molar-refractivity contribution in [1.29, 1.82) is 0 Å². The van der Waals surface area contributed by atoms with Crippen LogP contribution in [0.3, 0.4) is 0 Å². The smallest absolute Gasteiger partial charge is 0.248 e. The molecule has 1 saturated heterocycles. The maximum absolute atomic E-state index is 13.9. The molecule has 1 aliphatic rings. The lowest BCUT2D eigenvalue weighted by Crippen LogP contribution is -2.41. The molecule has 2 heterocycles. The Kier molecular flexibility index (Phi) is 7.46. The molecule has 0 aliphatic carbocycles. The number of hydrogen-bond acceptors (Lipinski definition) is 6. The van der Waals surface area contributed by atoms with E-state index in [1.807, 2.05) is 0 Å². The number of halogens is 1. The number of benzene rings is 2. The van der Waals surface area contributed by atoms with Gasteiger partial charge >= 0.3 is 0 Å². The van der Waals surface area contributed by atoms with Crippen LogP contribution in [0.25, 0.3) is 12.2 Å². The van der Waals surface area contributed by atoms with Crippen molar-refractivity contribution in [1.82, 2.24) is 9.46 Å². The van der Waals surface area contributed by atoms with Crippen LogP contribution in [0.5, 0.6) is 0 Å². The summed E-state index contributed by atoms with van der Waals surface area (Å²) in [7, 11) is -3.95. The molecule has 4 rings (SSSR count). The van der Waals surface area contributed by atoms with Crippen molar-refractivity contribution in [3.05, 3.63) is 76.9 Å². The van der Waals surface area contributed by atoms with Crippen LogP contribution < -0.4 is 5.32 Å². The number of rotatable bonds is 7. The van der Waals surface area contributed by atoms with Gasteiger partial charge in [-0.05, 0) is 57.0 Å². The third-order valence-corrected chi connectivity index (χ3v) is 8.17. The zero-order valence-electron chi connectivity index (χ0n) is 19.9. The summed E-state index contributed by atoms with van der Waals surface area (Å²) in [6.45, 7) is 3.28. The Morgan fingerprint density at radius 3 is 2.53 bits per heavy atom. The molecule has 3 aromatic rings. The Balaban J connectivity index is 1.45. The van der Waals surface area contributed by atoms with Gasteiger partial charge in [-0.3, -0.25) is 9.59 Å². The minimum atomic E-state index is -3.95. The molecule has 10 heteroatoms. The number of aryl methyl sites for hydroxylation is 1. The number of hydrogen-bond donors (Lipinski definition) is 1. The summed E-state index contributed by atoms with van der Waals surface area (Å²) in [6.07, 6.45) is 3.50. The number of carbonyl (C=O) groups excluding carboxylic acids is 2. The highest BCUT2D eigenvalue weighted by molar-refractivity contribution is 7.89. The summed E-state index contributed by atoms with van der Waals surface area (Å²) >= 11 is 0. The number of anilines is 1. The molecule has 0 spiro atoms. The molecule has 2 aromatic carbocycles. The second kappa shape index (κ2) is 10.5. The van der Waals surface area contributed by atoms with Gasteiger partial charge in [-0.25, -0.2) is 12.8 Å². The number of sulfonamides is 1. The van der Waals surface area contributed by atoms with E-state index in [-0.39, 0.29) is 52.6 Å². The van der Waals surface area contributed by atoms with Crippen LogP contribution in [0.2, 0.25) is 0 Å². The molecule has 0 bridgehead atoms. The number of carbonyl (C=O) groups is 2. The van der Waals surface area contributed by atoms with Gasteiger partial charge < -0.3 is 9.84 Å². The van der Waals surface area contributed by atoms with E-state index in [9.17, 15) is 22.4 Å². The molecule has 0 unspecified atom stereocenters. The lowest BCUT2D eigenvalue weighted by Gasteiger charge is -2.30. The summed E-state index contributed by atoms with van der Waals surface area (Å²) in [4.78, 5) is 24.3. The largest absolute Gasteiger partial charge is 0.355 e. The van der Waals surface area contributed by atoms with Crippen LogP contribution in [0, 0.1) is 18.7 Å². The Bertz CT molecular complexity index is 1420. The third kappa shape index (κ3) is 5.44. The second-order valence-corrected chi connectivity index (χ2v) is 10.5. The zero-order chi connectivity index (χ0) is 25.9. The van der Waals surface area contributed by atoms with Crippen LogP contribution in [0.15, 0.2) is 57.9 Å². The first-order chi connectivity index (χ1) is 17.2. The zero-order valence-corrected chi connectivity index (χ0v) is 20.7. The van der Waals surface area contributed by atoms with Gasteiger partial charge in [0.15, 0.2) is 16.4 Å². The number of Topliss-reactive ketones (excluding diaryl/α,β-unsaturated/α-hetero) is 1. The van der Waals surface area contributed by atoms with Crippen LogP contribution in [0.4, 0.5) is 10.1 Å². The lowest BCUT2D eigenvalue weighted by atomic mass is 9.97. The predicted molar refractivity (Wildman–Crippen MR) is 133 cm³/mol. The maximum Gasteiger partial charge on any atom is 0.248 e. The summed E-state index contributed by atoms with van der Waals surface area (Å²) in [5, 5.41) is 6.63. The topological polar surface area (TPSA) is 110 Å². The van der Waals surface area contributed by atoms with Gasteiger partial charge in [0.05, 0.1) is 0 Å². The molecule has 1 aliphatic heterocycles. The Labute approximate surface area is 208 Å². The van der Waals surface area contributed by atoms with Gasteiger partial charge in [-0.1, -0.05) is 35.5 Å². The highest BCUT2D eigenvalue weighted by Crippen LogP contribution is 2.30. The fourth-order valence-corrected chi connectivity index (χ4v) is 5.84. The second-order valence-electron chi connectivity index (χ2n) is 8.62. The van der Waals surface area contributed by atoms with E-state index < -0.39 is 15.8 Å². The summed E-state index contributed by atoms with van der Waals surface area (Å²) in [5.41, 5.74) is 1.51. The SMILES string of the molecule is CC(=O)c1cccc(NC(=O)C2CCN(S(=O)(=O)c3c(C)noc3C=Cc3ccccc3F)CC2)c1. The van der Waals surface area contributed by atoms with E-state index >= 15 is 0 Å². The fourth-order valence-electron chi connectivity index (χ4n) is 4.12. The van der Waals surface area contributed by atoms with Gasteiger partial charge in [0.1, 0.15) is 11.5 Å². The average Bonchev–Trinajstić information content (AvgIpc) is 3.24. The number of nitrogens with zero attached hydrogens (tertiary/aromatic N) is 2. The minimum absolute atomic E-state index is 0.0148. The molecular formula is C26H26FN3O5S. The molecule has 36 heavy (non-hydrogen) atoms. The maximum atomic E-state index is 13.9. The highest BCUT2D eigenvalue weighted by atomic mass is 32.2. The molecule has 1 aromatic heterocycles. The predicted octanol–water partition coefficient (Wildman–Crippen LogP) is 4.53. The molecule has 8 nitrogen and oxygen atoms in total. The first-order valence-corrected chi connectivity index (χ1v) is 12.9. The number of aromatic nitrogens is 1. The monoisotopic (exact) mass is 511 g/mol. The fraction of sp³-hybridized carbons (Fsp3) is 0.269. The molecule has 1 N–H and O–H groups in total. The van der Waals surface area contributed by atoms with Crippen molar-refractivity contribution in [2.75, 3.05) is 18.4 Å². The Morgan fingerprint density at radius 2 is 1.83 bits per heavy atom. The molecule has 188 valence electrons. The van der Waals surface area contributed by atoms with Gasteiger partial charge in [-0.15, -0.1) is 0 Å². The van der Waals surface area contributed by atoms with Crippen LogP contribution in [-0.4, -0.2) is 42.7 Å². The summed E-state index contributed by atoms with van der Waals surface area (Å²) < 4.78 is 47.3. The quantitative estimate of drug-likeness (QED) is 0.467. The number of amides is 1.